The molecule has 152 valence electrons. The Labute approximate surface area is 165 Å². The molecule has 0 saturated heterocycles. The zero-order valence-corrected chi connectivity index (χ0v) is 17.2. The van der Waals surface area contributed by atoms with E-state index in [-0.39, 0.29) is 22.9 Å². The predicted molar refractivity (Wildman–Crippen MR) is 105 cm³/mol. The molecular formula is C19H26N4O4S. The van der Waals surface area contributed by atoms with Gasteiger partial charge in [0.2, 0.25) is 15.9 Å². The van der Waals surface area contributed by atoms with E-state index in [4.69, 9.17) is 4.42 Å². The van der Waals surface area contributed by atoms with Gasteiger partial charge in [-0.15, -0.1) is 5.10 Å². The molecule has 1 aliphatic rings. The van der Waals surface area contributed by atoms with Crippen molar-refractivity contribution in [2.45, 2.75) is 62.8 Å². The number of amides is 1. The van der Waals surface area contributed by atoms with Crippen molar-refractivity contribution in [2.75, 3.05) is 12.4 Å². The molecule has 1 fully saturated rings. The van der Waals surface area contributed by atoms with Crippen molar-refractivity contribution in [3.63, 3.8) is 0 Å². The highest BCUT2D eigenvalue weighted by Gasteiger charge is 2.29. The largest absolute Gasteiger partial charge is 0.408 e. The highest BCUT2D eigenvalue weighted by atomic mass is 32.2. The number of nitrogens with zero attached hydrogens (tertiary/aromatic N) is 3. The SMILES string of the molecule is CC(C)c1nnc(NC(=O)c2ccc(S(=O)(=O)N(C)C3CCCCC3)cc2)o1. The fourth-order valence-electron chi connectivity index (χ4n) is 3.27. The van der Waals surface area contributed by atoms with Crippen molar-refractivity contribution in [1.82, 2.24) is 14.5 Å². The molecule has 8 nitrogen and oxygen atoms in total. The molecule has 2 aromatic rings. The van der Waals surface area contributed by atoms with E-state index in [1.165, 1.54) is 28.6 Å². The number of carbonyl (C=O) groups excluding carboxylic acids is 1. The Morgan fingerprint density at radius 1 is 1.14 bits per heavy atom. The molecule has 1 amide bonds. The number of carbonyl (C=O) groups is 1. The van der Waals surface area contributed by atoms with E-state index >= 15 is 0 Å². The first-order chi connectivity index (χ1) is 13.3. The van der Waals surface area contributed by atoms with Gasteiger partial charge in [-0.25, -0.2) is 8.42 Å². The maximum Gasteiger partial charge on any atom is 0.322 e. The lowest BCUT2D eigenvalue weighted by Crippen LogP contribution is -2.38. The quantitative estimate of drug-likeness (QED) is 0.788. The Morgan fingerprint density at radius 3 is 2.36 bits per heavy atom. The number of hydrogen-bond acceptors (Lipinski definition) is 6. The molecule has 1 saturated carbocycles. The minimum Gasteiger partial charge on any atom is -0.408 e. The van der Waals surface area contributed by atoms with Gasteiger partial charge in [0.15, 0.2) is 0 Å². The Morgan fingerprint density at radius 2 is 1.79 bits per heavy atom. The van der Waals surface area contributed by atoms with Gasteiger partial charge in [0, 0.05) is 24.6 Å². The molecule has 0 radical (unpaired) electrons. The summed E-state index contributed by atoms with van der Waals surface area (Å²) >= 11 is 0. The normalized spacial score (nSPS) is 15.9. The van der Waals surface area contributed by atoms with Crippen LogP contribution >= 0.6 is 0 Å². The summed E-state index contributed by atoms with van der Waals surface area (Å²) in [6, 6.07) is 5.93. The molecule has 0 spiro atoms. The van der Waals surface area contributed by atoms with Crippen LogP contribution < -0.4 is 5.32 Å². The summed E-state index contributed by atoms with van der Waals surface area (Å²) in [5.41, 5.74) is 0.309. The van der Waals surface area contributed by atoms with Crippen LogP contribution in [0.1, 0.15) is 68.1 Å². The van der Waals surface area contributed by atoms with Crippen molar-refractivity contribution < 1.29 is 17.6 Å². The highest BCUT2D eigenvalue weighted by molar-refractivity contribution is 7.89. The molecular weight excluding hydrogens is 380 g/mol. The van der Waals surface area contributed by atoms with Gasteiger partial charge in [0.25, 0.3) is 5.91 Å². The van der Waals surface area contributed by atoms with Gasteiger partial charge in [-0.1, -0.05) is 38.2 Å². The van der Waals surface area contributed by atoms with E-state index in [0.717, 1.165) is 32.1 Å². The second kappa shape index (κ2) is 8.40. The van der Waals surface area contributed by atoms with Gasteiger partial charge in [-0.2, -0.15) is 4.31 Å². The lowest BCUT2D eigenvalue weighted by Gasteiger charge is -2.30. The van der Waals surface area contributed by atoms with Gasteiger partial charge in [-0.3, -0.25) is 10.1 Å². The van der Waals surface area contributed by atoms with Crippen LogP contribution in [0.4, 0.5) is 6.01 Å². The first kappa shape index (κ1) is 20.5. The number of nitrogens with one attached hydrogen (secondary N) is 1. The minimum absolute atomic E-state index is 0.0161. The van der Waals surface area contributed by atoms with Crippen molar-refractivity contribution in [1.29, 1.82) is 0 Å². The summed E-state index contributed by atoms with van der Waals surface area (Å²) < 4.78 is 32.5. The van der Waals surface area contributed by atoms with Crippen LogP contribution in [0.2, 0.25) is 0 Å². The third kappa shape index (κ3) is 4.41. The topological polar surface area (TPSA) is 105 Å². The van der Waals surface area contributed by atoms with E-state index in [1.54, 1.807) is 7.05 Å². The fourth-order valence-corrected chi connectivity index (χ4v) is 4.69. The number of rotatable bonds is 6. The summed E-state index contributed by atoms with van der Waals surface area (Å²) in [6.07, 6.45) is 5.04. The van der Waals surface area contributed by atoms with Gasteiger partial charge in [-0.05, 0) is 37.1 Å². The molecule has 28 heavy (non-hydrogen) atoms. The monoisotopic (exact) mass is 406 g/mol. The predicted octanol–water partition coefficient (Wildman–Crippen LogP) is 3.40. The van der Waals surface area contributed by atoms with Gasteiger partial charge >= 0.3 is 6.01 Å². The Kier molecular flexibility index (Phi) is 6.14. The van der Waals surface area contributed by atoms with Crippen molar-refractivity contribution in [3.05, 3.63) is 35.7 Å². The summed E-state index contributed by atoms with van der Waals surface area (Å²) in [4.78, 5) is 12.5. The average molecular weight is 407 g/mol. The van der Waals surface area contributed by atoms with Crippen LogP contribution in [0.25, 0.3) is 0 Å². The maximum absolute atomic E-state index is 12.9. The number of benzene rings is 1. The Balaban J connectivity index is 1.70. The van der Waals surface area contributed by atoms with Crippen LogP contribution in [0.15, 0.2) is 33.6 Å². The number of hydrogen-bond donors (Lipinski definition) is 1. The van der Waals surface area contributed by atoms with Crippen molar-refractivity contribution in [3.8, 4) is 0 Å². The fraction of sp³-hybridized carbons (Fsp3) is 0.526. The van der Waals surface area contributed by atoms with Crippen LogP contribution in [0.5, 0.6) is 0 Å². The molecule has 1 aromatic heterocycles. The molecule has 1 aliphatic carbocycles. The van der Waals surface area contributed by atoms with E-state index in [1.807, 2.05) is 13.8 Å². The second-order valence-corrected chi connectivity index (χ2v) is 9.39. The van der Waals surface area contributed by atoms with Crippen molar-refractivity contribution >= 4 is 21.9 Å². The lowest BCUT2D eigenvalue weighted by atomic mass is 9.96. The number of anilines is 1. The first-order valence-electron chi connectivity index (χ1n) is 9.52. The molecule has 0 bridgehead atoms. The third-order valence-electron chi connectivity index (χ3n) is 5.04. The molecule has 1 N–H and O–H groups in total. The Hall–Kier alpha value is -2.26. The molecule has 0 aliphatic heterocycles. The summed E-state index contributed by atoms with van der Waals surface area (Å²) in [7, 11) is -1.95. The molecule has 0 unspecified atom stereocenters. The third-order valence-corrected chi connectivity index (χ3v) is 6.96. The van der Waals surface area contributed by atoms with E-state index in [2.05, 4.69) is 15.5 Å². The summed E-state index contributed by atoms with van der Waals surface area (Å²) in [6.45, 7) is 3.81. The van der Waals surface area contributed by atoms with Gasteiger partial charge in [0.05, 0.1) is 4.90 Å². The standard InChI is InChI=1S/C19H26N4O4S/c1-13(2)18-21-22-19(27-18)20-17(24)14-9-11-16(12-10-14)28(25,26)23(3)15-7-5-4-6-8-15/h9-13,15H,4-8H2,1-3H3,(H,20,22,24). The van der Waals surface area contributed by atoms with E-state index in [9.17, 15) is 13.2 Å². The van der Waals surface area contributed by atoms with E-state index < -0.39 is 15.9 Å². The highest BCUT2D eigenvalue weighted by Crippen LogP contribution is 2.26. The van der Waals surface area contributed by atoms with Crippen LogP contribution in [0, 0.1) is 0 Å². The second-order valence-electron chi connectivity index (χ2n) is 7.39. The smallest absolute Gasteiger partial charge is 0.322 e. The summed E-state index contributed by atoms with van der Waals surface area (Å²) in [5, 5.41) is 10.2. The number of aromatic nitrogens is 2. The first-order valence-corrected chi connectivity index (χ1v) is 11.0. The average Bonchev–Trinajstić information content (AvgIpc) is 3.17. The zero-order chi connectivity index (χ0) is 20.3. The molecule has 9 heteroatoms. The van der Waals surface area contributed by atoms with E-state index in [0.29, 0.717) is 11.5 Å². The molecule has 0 atom stereocenters. The Bertz CT molecular complexity index is 916. The zero-order valence-electron chi connectivity index (χ0n) is 16.4. The summed E-state index contributed by atoms with van der Waals surface area (Å²) in [5.74, 6) is 0.0508. The van der Waals surface area contributed by atoms with Gasteiger partial charge < -0.3 is 4.42 Å². The van der Waals surface area contributed by atoms with Gasteiger partial charge in [0.1, 0.15) is 0 Å². The lowest BCUT2D eigenvalue weighted by molar-refractivity contribution is 0.102. The minimum atomic E-state index is -3.59. The number of sulfonamides is 1. The van der Waals surface area contributed by atoms with Crippen LogP contribution in [-0.4, -0.2) is 41.9 Å². The molecule has 1 aromatic carbocycles. The molecule has 1 heterocycles. The van der Waals surface area contributed by atoms with Crippen molar-refractivity contribution in [2.24, 2.45) is 0 Å². The molecule has 3 rings (SSSR count). The maximum atomic E-state index is 12.9. The van der Waals surface area contributed by atoms with Crippen LogP contribution in [0.3, 0.4) is 0 Å². The van der Waals surface area contributed by atoms with Crippen LogP contribution in [-0.2, 0) is 10.0 Å².